The molecule has 0 bridgehead atoms. The number of amides is 1. The Morgan fingerprint density at radius 1 is 0.912 bits per heavy atom. The molecule has 1 amide bonds. The van der Waals surface area contributed by atoms with Crippen LogP contribution in [0.3, 0.4) is 0 Å². The lowest BCUT2D eigenvalue weighted by molar-refractivity contribution is -0.132. The predicted octanol–water partition coefficient (Wildman–Crippen LogP) is 5.60. The van der Waals surface area contributed by atoms with E-state index in [2.05, 4.69) is 0 Å². The molecule has 0 radical (unpaired) electrons. The van der Waals surface area contributed by atoms with E-state index in [1.165, 1.54) is 31.3 Å². The zero-order valence-corrected chi connectivity index (χ0v) is 20.0. The Kier molecular flexibility index (Phi) is 6.35. The Bertz CT molecular complexity index is 1330. The number of halogens is 1. The highest BCUT2D eigenvalue weighted by molar-refractivity contribution is 6.52. The van der Waals surface area contributed by atoms with Crippen molar-refractivity contribution in [3.8, 4) is 11.5 Å². The topological polar surface area (TPSA) is 76.1 Å². The van der Waals surface area contributed by atoms with E-state index in [0.29, 0.717) is 11.4 Å². The fourth-order valence-corrected chi connectivity index (χ4v) is 4.52. The number of hydrogen-bond acceptors (Lipinski definition) is 5. The second-order valence-corrected chi connectivity index (χ2v) is 8.41. The van der Waals surface area contributed by atoms with Gasteiger partial charge in [-0.05, 0) is 42.7 Å². The highest BCUT2D eigenvalue weighted by atomic mass is 35.5. The van der Waals surface area contributed by atoms with Crippen LogP contribution in [0.5, 0.6) is 11.5 Å². The van der Waals surface area contributed by atoms with Gasteiger partial charge in [0.05, 0.1) is 36.4 Å². The van der Waals surface area contributed by atoms with Gasteiger partial charge in [0.25, 0.3) is 11.7 Å². The number of carbonyl (C=O) groups is 2. The molecule has 0 aliphatic carbocycles. The molecule has 1 aliphatic heterocycles. The lowest BCUT2D eigenvalue weighted by atomic mass is 9.92. The Morgan fingerprint density at radius 3 is 2.15 bits per heavy atom. The van der Waals surface area contributed by atoms with Crippen molar-refractivity contribution in [2.24, 2.45) is 0 Å². The number of anilines is 1. The molecule has 0 aromatic heterocycles. The highest BCUT2D eigenvalue weighted by Crippen LogP contribution is 2.45. The number of nitrogens with zero attached hydrogens (tertiary/aromatic N) is 1. The molecular formula is C27H24ClNO5. The van der Waals surface area contributed by atoms with Gasteiger partial charge in [-0.2, -0.15) is 0 Å². The van der Waals surface area contributed by atoms with Crippen LogP contribution in [0, 0.1) is 13.8 Å². The summed E-state index contributed by atoms with van der Waals surface area (Å²) in [6, 6.07) is 17.0. The molecule has 1 aliphatic rings. The van der Waals surface area contributed by atoms with E-state index >= 15 is 0 Å². The lowest BCUT2D eigenvalue weighted by Crippen LogP contribution is -2.30. The normalized spacial score (nSPS) is 17.2. The maximum atomic E-state index is 13.4. The van der Waals surface area contributed by atoms with Gasteiger partial charge in [-0.1, -0.05) is 54.1 Å². The quantitative estimate of drug-likeness (QED) is 0.294. The molecule has 3 aromatic carbocycles. The number of aryl methyl sites for hydroxylation is 2. The Hall–Kier alpha value is -3.77. The van der Waals surface area contributed by atoms with Crippen molar-refractivity contribution < 1.29 is 24.2 Å². The van der Waals surface area contributed by atoms with E-state index in [1.807, 2.05) is 56.3 Å². The van der Waals surface area contributed by atoms with E-state index in [-0.39, 0.29) is 27.7 Å². The molecule has 3 aromatic rings. The van der Waals surface area contributed by atoms with E-state index in [4.69, 9.17) is 21.1 Å². The molecule has 1 saturated heterocycles. The summed E-state index contributed by atoms with van der Waals surface area (Å²) in [5, 5.41) is 11.8. The van der Waals surface area contributed by atoms with Gasteiger partial charge >= 0.3 is 0 Å². The van der Waals surface area contributed by atoms with Crippen LogP contribution in [0.1, 0.15) is 28.3 Å². The molecule has 0 spiro atoms. The Balaban J connectivity index is 2.04. The zero-order chi connectivity index (χ0) is 24.6. The number of hydrogen-bond donors (Lipinski definition) is 1. The maximum absolute atomic E-state index is 13.4. The molecule has 1 fully saturated rings. The number of carbonyl (C=O) groups excluding carboxylic acids is 2. The van der Waals surface area contributed by atoms with Gasteiger partial charge in [0.2, 0.25) is 0 Å². The molecule has 1 unspecified atom stereocenters. The average molecular weight is 478 g/mol. The number of methoxy groups -OCH3 is 2. The van der Waals surface area contributed by atoms with Gasteiger partial charge in [-0.3, -0.25) is 14.5 Å². The molecule has 6 nitrogen and oxygen atoms in total. The summed E-state index contributed by atoms with van der Waals surface area (Å²) in [6.07, 6.45) is 0. The van der Waals surface area contributed by atoms with Crippen molar-refractivity contribution in [2.45, 2.75) is 19.9 Å². The third kappa shape index (κ3) is 3.80. The van der Waals surface area contributed by atoms with Crippen molar-refractivity contribution in [2.75, 3.05) is 19.1 Å². The van der Waals surface area contributed by atoms with E-state index < -0.39 is 17.7 Å². The number of Topliss-reactive ketones (excluding diaryl/α,β-unsaturated/α-hetero) is 1. The molecular weight excluding hydrogens is 454 g/mol. The van der Waals surface area contributed by atoms with E-state index in [0.717, 1.165) is 16.7 Å². The maximum Gasteiger partial charge on any atom is 0.300 e. The number of ketones is 1. The van der Waals surface area contributed by atoms with Crippen LogP contribution >= 0.6 is 11.6 Å². The van der Waals surface area contributed by atoms with Crippen LogP contribution in [0.4, 0.5) is 5.69 Å². The monoisotopic (exact) mass is 477 g/mol. The minimum Gasteiger partial charge on any atom is -0.507 e. The van der Waals surface area contributed by atoms with E-state index in [1.54, 1.807) is 6.07 Å². The minimum atomic E-state index is -0.839. The molecule has 4 rings (SSSR count). The predicted molar refractivity (Wildman–Crippen MR) is 132 cm³/mol. The Labute approximate surface area is 203 Å². The smallest absolute Gasteiger partial charge is 0.300 e. The minimum absolute atomic E-state index is 0.0368. The van der Waals surface area contributed by atoms with Crippen molar-refractivity contribution in [1.29, 1.82) is 0 Å². The highest BCUT2D eigenvalue weighted by Gasteiger charge is 2.48. The molecule has 7 heteroatoms. The third-order valence-corrected chi connectivity index (χ3v) is 6.33. The average Bonchev–Trinajstić information content (AvgIpc) is 3.09. The number of ether oxygens (including phenoxy) is 2. The third-order valence-electron chi connectivity index (χ3n) is 6.03. The first kappa shape index (κ1) is 23.4. The van der Waals surface area contributed by atoms with Crippen molar-refractivity contribution >= 4 is 34.7 Å². The lowest BCUT2D eigenvalue weighted by Gasteiger charge is -2.28. The van der Waals surface area contributed by atoms with Crippen LogP contribution in [0.2, 0.25) is 5.02 Å². The van der Waals surface area contributed by atoms with Crippen LogP contribution < -0.4 is 14.4 Å². The van der Waals surface area contributed by atoms with Gasteiger partial charge in [-0.25, -0.2) is 0 Å². The summed E-state index contributed by atoms with van der Waals surface area (Å²) < 4.78 is 10.7. The molecule has 1 heterocycles. The summed E-state index contributed by atoms with van der Waals surface area (Å²) in [7, 11) is 2.88. The second-order valence-electron chi connectivity index (χ2n) is 8.00. The summed E-state index contributed by atoms with van der Waals surface area (Å²) in [5.74, 6) is -1.33. The summed E-state index contributed by atoms with van der Waals surface area (Å²) in [6.45, 7) is 3.77. The van der Waals surface area contributed by atoms with Crippen molar-refractivity contribution in [3.63, 3.8) is 0 Å². The van der Waals surface area contributed by atoms with Crippen molar-refractivity contribution in [3.05, 3.63) is 93.5 Å². The SMILES string of the molecule is COc1cc(/C(O)=C2\C(=O)C(=O)N(c3ccccc3C)C2c2ccccc2C)c(OC)cc1Cl. The second kappa shape index (κ2) is 9.23. The van der Waals surface area contributed by atoms with Gasteiger partial charge in [0.15, 0.2) is 0 Å². The fraction of sp³-hybridized carbons (Fsp3) is 0.185. The number of aliphatic hydroxyl groups is 1. The first-order chi connectivity index (χ1) is 16.3. The Morgan fingerprint density at radius 2 is 1.53 bits per heavy atom. The molecule has 1 N–H and O–H groups in total. The summed E-state index contributed by atoms with van der Waals surface area (Å²) >= 11 is 6.23. The van der Waals surface area contributed by atoms with Crippen LogP contribution in [-0.4, -0.2) is 31.0 Å². The number of aliphatic hydroxyl groups excluding tert-OH is 1. The van der Waals surface area contributed by atoms with Crippen LogP contribution in [0.15, 0.2) is 66.2 Å². The van der Waals surface area contributed by atoms with Gasteiger partial charge in [0, 0.05) is 11.8 Å². The molecule has 1 atom stereocenters. The fourth-order valence-electron chi connectivity index (χ4n) is 4.29. The van der Waals surface area contributed by atoms with Crippen molar-refractivity contribution in [1.82, 2.24) is 0 Å². The molecule has 34 heavy (non-hydrogen) atoms. The summed E-state index contributed by atoms with van der Waals surface area (Å²) in [5.41, 5.74) is 3.19. The van der Waals surface area contributed by atoms with Gasteiger partial charge < -0.3 is 14.6 Å². The zero-order valence-electron chi connectivity index (χ0n) is 19.3. The largest absolute Gasteiger partial charge is 0.507 e. The van der Waals surface area contributed by atoms with Gasteiger partial charge in [-0.15, -0.1) is 0 Å². The van der Waals surface area contributed by atoms with Gasteiger partial charge in [0.1, 0.15) is 17.3 Å². The van der Waals surface area contributed by atoms with E-state index in [9.17, 15) is 14.7 Å². The standard InChI is InChI=1S/C27H24ClNO5/c1-15-9-5-7-11-17(15)24-23(25(30)18-13-22(34-4)19(28)14-21(18)33-3)26(31)27(32)29(24)20-12-8-6-10-16(20)2/h5-14,24,30H,1-4H3/b25-23+. The first-order valence-electron chi connectivity index (χ1n) is 10.6. The van der Waals surface area contributed by atoms with Crippen LogP contribution in [0.25, 0.3) is 5.76 Å². The molecule has 174 valence electrons. The summed E-state index contributed by atoms with van der Waals surface area (Å²) in [4.78, 5) is 28.3. The molecule has 0 saturated carbocycles. The number of rotatable bonds is 5. The number of benzene rings is 3. The number of para-hydroxylation sites is 1. The van der Waals surface area contributed by atoms with Crippen LogP contribution in [-0.2, 0) is 9.59 Å². The first-order valence-corrected chi connectivity index (χ1v) is 11.0.